The number of nitrogens with one attached hydrogen (secondary N) is 3. The number of alkyl halides is 3. The molecule has 0 bridgehead atoms. The summed E-state index contributed by atoms with van der Waals surface area (Å²) in [5.41, 5.74) is -0.918. The van der Waals surface area contributed by atoms with E-state index in [1.165, 1.54) is 18.3 Å². The molecule has 268 valence electrons. The van der Waals surface area contributed by atoms with E-state index in [1.54, 1.807) is 32.3 Å². The highest BCUT2D eigenvalue weighted by atomic mass is 28.3. The van der Waals surface area contributed by atoms with E-state index in [1.807, 2.05) is 5.32 Å². The molecule has 1 aromatic heterocycles. The molecular weight excluding hydrogens is 655 g/mol. The molecule has 2 aromatic rings. The van der Waals surface area contributed by atoms with E-state index in [0.717, 1.165) is 19.2 Å². The average Bonchev–Trinajstić information content (AvgIpc) is 3.36. The molecule has 0 saturated heterocycles. The van der Waals surface area contributed by atoms with Gasteiger partial charge < -0.3 is 34.5 Å². The first-order valence-electron chi connectivity index (χ1n) is 15.3. The number of alkyl carbamates (subject to hydrolysis) is 1. The van der Waals surface area contributed by atoms with Crippen LogP contribution < -0.4 is 16.0 Å². The number of aliphatic carboxylic acids is 1. The summed E-state index contributed by atoms with van der Waals surface area (Å²) in [6.45, 7) is 13.6. The van der Waals surface area contributed by atoms with E-state index in [4.69, 9.17) is 9.47 Å². The minimum absolute atomic E-state index is 0.0307. The van der Waals surface area contributed by atoms with Crippen molar-refractivity contribution < 1.29 is 51.7 Å². The Hall–Kier alpha value is -4.12. The van der Waals surface area contributed by atoms with Gasteiger partial charge in [-0.25, -0.2) is 14.6 Å². The minimum Gasteiger partial charge on any atom is -0.481 e. The summed E-state index contributed by atoms with van der Waals surface area (Å²) >= 11 is 0. The number of ether oxygens (including phenoxy) is 3. The van der Waals surface area contributed by atoms with Gasteiger partial charge in [-0.3, -0.25) is 14.9 Å². The molecule has 0 aliphatic carbocycles. The van der Waals surface area contributed by atoms with E-state index >= 15 is 0 Å². The van der Waals surface area contributed by atoms with Crippen LogP contribution in [0.25, 0.3) is 11.3 Å². The van der Waals surface area contributed by atoms with Crippen molar-refractivity contribution >= 4 is 43.5 Å². The Bertz CT molecular complexity index is 1440. The summed E-state index contributed by atoms with van der Waals surface area (Å²) in [6.07, 6.45) is -4.44. The maximum absolute atomic E-state index is 13.3. The third kappa shape index (κ3) is 13.5. The Kier molecular flexibility index (Phi) is 14.0. The second-order valence-electron chi connectivity index (χ2n) is 13.5. The number of anilines is 2. The number of carboxylic acids is 1. The predicted octanol–water partition coefficient (Wildman–Crippen LogP) is 7.00. The van der Waals surface area contributed by atoms with Gasteiger partial charge in [0.25, 0.3) is 0 Å². The van der Waals surface area contributed by atoms with E-state index in [9.17, 15) is 37.5 Å². The van der Waals surface area contributed by atoms with Crippen LogP contribution in [0.3, 0.4) is 0 Å². The molecule has 2 atom stereocenters. The normalized spacial score (nSPS) is 13.3. The van der Waals surface area contributed by atoms with E-state index in [2.05, 4.69) is 40.0 Å². The van der Waals surface area contributed by atoms with Crippen molar-refractivity contribution in [2.45, 2.75) is 97.2 Å². The summed E-state index contributed by atoms with van der Waals surface area (Å²) in [5, 5.41) is 16.3. The number of aromatic nitrogens is 2. The molecule has 17 heteroatoms. The van der Waals surface area contributed by atoms with Gasteiger partial charge >= 0.3 is 30.2 Å². The quantitative estimate of drug-likeness (QED) is 0.113. The predicted molar refractivity (Wildman–Crippen MR) is 175 cm³/mol. The number of benzene rings is 1. The van der Waals surface area contributed by atoms with Crippen molar-refractivity contribution in [1.29, 1.82) is 0 Å². The van der Waals surface area contributed by atoms with Crippen molar-refractivity contribution in [3.8, 4) is 11.3 Å². The zero-order chi connectivity index (χ0) is 36.4. The molecule has 13 nitrogen and oxygen atoms in total. The summed E-state index contributed by atoms with van der Waals surface area (Å²) in [4.78, 5) is 52.8. The molecule has 4 N–H and O–H groups in total. The van der Waals surface area contributed by atoms with Crippen LogP contribution in [0.15, 0.2) is 24.4 Å². The van der Waals surface area contributed by atoms with E-state index < -0.39 is 55.9 Å². The smallest absolute Gasteiger partial charge is 0.471 e. The van der Waals surface area contributed by atoms with Crippen LogP contribution >= 0.6 is 0 Å². The van der Waals surface area contributed by atoms with Crippen LogP contribution in [0, 0.1) is 5.92 Å². The highest BCUT2D eigenvalue weighted by molar-refractivity contribution is 6.76. The van der Waals surface area contributed by atoms with Gasteiger partial charge in [0.1, 0.15) is 18.2 Å². The Balaban J connectivity index is 2.66. The molecule has 0 saturated carbocycles. The minimum atomic E-state index is -5.21. The summed E-state index contributed by atoms with van der Waals surface area (Å²) < 4.78 is 57.5. The molecular formula is C31H46F3N5O8Si. The number of hydrogen-bond donors (Lipinski definition) is 4. The Morgan fingerprint density at radius 1 is 1.04 bits per heavy atom. The topological polar surface area (TPSA) is 170 Å². The number of carbonyl (C=O) groups excluding carboxylic acids is 3. The monoisotopic (exact) mass is 701 g/mol. The van der Waals surface area contributed by atoms with Gasteiger partial charge in [0.2, 0.25) is 0 Å². The van der Waals surface area contributed by atoms with Crippen LogP contribution in [-0.4, -0.2) is 72.3 Å². The van der Waals surface area contributed by atoms with Gasteiger partial charge in [-0.15, -0.1) is 0 Å². The van der Waals surface area contributed by atoms with Crippen LogP contribution in [0.2, 0.25) is 25.7 Å². The van der Waals surface area contributed by atoms with Crippen LogP contribution in [0.1, 0.15) is 58.8 Å². The fourth-order valence-electron chi connectivity index (χ4n) is 4.26. The van der Waals surface area contributed by atoms with Crippen LogP contribution in [-0.2, 0) is 30.5 Å². The van der Waals surface area contributed by atoms with Crippen LogP contribution in [0.5, 0.6) is 0 Å². The molecule has 1 heterocycles. The van der Waals surface area contributed by atoms with Crippen molar-refractivity contribution in [3.63, 3.8) is 0 Å². The van der Waals surface area contributed by atoms with Gasteiger partial charge in [-0.1, -0.05) is 33.0 Å². The van der Waals surface area contributed by atoms with Crippen molar-refractivity contribution in [3.05, 3.63) is 30.2 Å². The number of rotatable bonds is 15. The lowest BCUT2D eigenvalue weighted by Crippen LogP contribution is -2.36. The number of carbonyl (C=O) groups is 4. The third-order valence-electron chi connectivity index (χ3n) is 6.82. The summed E-state index contributed by atoms with van der Waals surface area (Å²) in [5.74, 6) is -3.60. The summed E-state index contributed by atoms with van der Waals surface area (Å²) in [6, 6.07) is 3.90. The Labute approximate surface area is 278 Å². The maximum Gasteiger partial charge on any atom is 0.471 e. The molecule has 2 rings (SSSR count). The molecule has 48 heavy (non-hydrogen) atoms. The number of imidazole rings is 1. The molecule has 0 spiro atoms. The largest absolute Gasteiger partial charge is 0.481 e. The molecule has 0 aliphatic heterocycles. The van der Waals surface area contributed by atoms with Gasteiger partial charge in [0, 0.05) is 32.1 Å². The fraction of sp³-hybridized carbons (Fsp3) is 0.581. The van der Waals surface area contributed by atoms with Gasteiger partial charge in [0.05, 0.1) is 30.5 Å². The standard InChI is InChI=1S/C31H46F3N5O8Si/c1-19(26(40)41)10-9-11-22(38-29(44)47-30(2,3)4)25-36-24(17-39(25)18-46-14-15-48(6,7)8)21-13-12-20(35-28(43)45-5)16-23(21)37-27(42)31(32,33)34/h12-13,16-17,19,22H,9-11,14-15,18H2,1-8H3,(H,35,43)(H,37,42)(H,38,44)(H,40,41). The van der Waals surface area contributed by atoms with Gasteiger partial charge in [-0.2, -0.15) is 13.2 Å². The Morgan fingerprint density at radius 3 is 2.27 bits per heavy atom. The van der Waals surface area contributed by atoms with Crippen molar-refractivity contribution in [2.75, 3.05) is 24.4 Å². The van der Waals surface area contributed by atoms with Gasteiger partial charge in [0.15, 0.2) is 0 Å². The number of methoxy groups -OCH3 is 1. The average molecular weight is 702 g/mol. The van der Waals surface area contributed by atoms with Gasteiger partial charge in [-0.05, 0) is 57.9 Å². The first kappa shape index (κ1) is 40.1. The van der Waals surface area contributed by atoms with Crippen LogP contribution in [0.4, 0.5) is 34.1 Å². The highest BCUT2D eigenvalue weighted by Crippen LogP contribution is 2.34. The van der Waals surface area contributed by atoms with E-state index in [-0.39, 0.29) is 41.6 Å². The third-order valence-corrected chi connectivity index (χ3v) is 8.53. The van der Waals surface area contributed by atoms with Crippen molar-refractivity contribution in [1.82, 2.24) is 14.9 Å². The zero-order valence-electron chi connectivity index (χ0n) is 28.5. The number of carboxylic acid groups (broad SMARTS) is 1. The highest BCUT2D eigenvalue weighted by Gasteiger charge is 2.39. The molecule has 3 amide bonds. The lowest BCUT2D eigenvalue weighted by atomic mass is 10.0. The molecule has 0 aliphatic rings. The van der Waals surface area contributed by atoms with Crippen molar-refractivity contribution in [2.24, 2.45) is 5.92 Å². The molecule has 0 radical (unpaired) electrons. The second kappa shape index (κ2) is 16.8. The lowest BCUT2D eigenvalue weighted by molar-refractivity contribution is -0.167. The first-order chi connectivity index (χ1) is 22.1. The maximum atomic E-state index is 13.3. The SMILES string of the molecule is COC(=O)Nc1ccc(-c2cn(COCC[Si](C)(C)C)c(C(CCCC(C)C(=O)O)NC(=O)OC(C)(C)C)n2)c(NC(=O)C(F)(F)F)c1. The molecule has 2 unspecified atom stereocenters. The number of amides is 3. The molecule has 0 fully saturated rings. The molecule has 1 aromatic carbocycles. The number of nitrogens with zero attached hydrogens (tertiary/aromatic N) is 2. The fourth-order valence-corrected chi connectivity index (χ4v) is 5.02. The number of hydrogen-bond acceptors (Lipinski definition) is 8. The zero-order valence-corrected chi connectivity index (χ0v) is 29.5. The first-order valence-corrected chi connectivity index (χ1v) is 19.0. The summed E-state index contributed by atoms with van der Waals surface area (Å²) in [7, 11) is -0.351. The number of halogens is 3. The lowest BCUT2D eigenvalue weighted by Gasteiger charge is -2.24. The Morgan fingerprint density at radius 2 is 1.71 bits per heavy atom. The second-order valence-corrected chi connectivity index (χ2v) is 19.1. The van der Waals surface area contributed by atoms with E-state index in [0.29, 0.717) is 19.4 Å².